The maximum Gasteiger partial charge on any atom is 0.267 e. The number of fused-ring (bicyclic) bond motifs is 1. The lowest BCUT2D eigenvalue weighted by molar-refractivity contribution is 0.0730. The molecule has 10 heteroatoms. The number of ether oxygens (including phenoxy) is 1. The number of thiazole rings is 1. The molecule has 4 rings (SSSR count). The topological polar surface area (TPSA) is 104 Å². The lowest BCUT2D eigenvalue weighted by Gasteiger charge is -2.25. The van der Waals surface area contributed by atoms with Crippen molar-refractivity contribution in [2.75, 3.05) is 32.8 Å². The minimum absolute atomic E-state index is 0.109. The van der Waals surface area contributed by atoms with Crippen LogP contribution in [0.2, 0.25) is 0 Å². The van der Waals surface area contributed by atoms with Crippen molar-refractivity contribution in [2.24, 2.45) is 0 Å². The van der Waals surface area contributed by atoms with E-state index in [0.29, 0.717) is 32.8 Å². The van der Waals surface area contributed by atoms with Gasteiger partial charge in [0.05, 0.1) is 23.9 Å². The molecule has 2 aromatic rings. The highest BCUT2D eigenvalue weighted by Crippen LogP contribution is 2.27. The van der Waals surface area contributed by atoms with Crippen molar-refractivity contribution in [1.29, 1.82) is 0 Å². The van der Waals surface area contributed by atoms with Crippen molar-refractivity contribution >= 4 is 27.3 Å². The van der Waals surface area contributed by atoms with Crippen LogP contribution in [-0.2, 0) is 34.0 Å². The summed E-state index contributed by atoms with van der Waals surface area (Å²) in [5, 5.41) is 4.00. The molecule has 0 saturated carbocycles. The van der Waals surface area contributed by atoms with E-state index in [0.717, 1.165) is 30.7 Å². The Labute approximate surface area is 174 Å². The fourth-order valence-corrected chi connectivity index (χ4v) is 6.24. The van der Waals surface area contributed by atoms with Crippen molar-refractivity contribution in [2.45, 2.75) is 43.4 Å². The normalized spacial score (nSPS) is 17.8. The summed E-state index contributed by atoms with van der Waals surface area (Å²) in [6.07, 6.45) is 7.74. The molecule has 1 fully saturated rings. The minimum atomic E-state index is -3.60. The van der Waals surface area contributed by atoms with E-state index in [9.17, 15) is 13.2 Å². The van der Waals surface area contributed by atoms with E-state index in [1.807, 2.05) is 0 Å². The Bertz CT molecular complexity index is 937. The third-order valence-electron chi connectivity index (χ3n) is 5.25. The van der Waals surface area contributed by atoms with Crippen LogP contribution < -0.4 is 5.32 Å². The predicted octanol–water partition coefficient (Wildman–Crippen LogP) is 1.73. The Balaban J connectivity index is 1.27. The molecule has 2 aliphatic rings. The lowest BCUT2D eigenvalue weighted by Crippen LogP contribution is -2.40. The number of aromatic nitrogens is 2. The van der Waals surface area contributed by atoms with Gasteiger partial charge in [-0.1, -0.05) is 0 Å². The fraction of sp³-hybridized carbons (Fsp3) is 0.579. The van der Waals surface area contributed by atoms with E-state index in [2.05, 4.69) is 10.3 Å². The molecule has 1 amide bonds. The zero-order valence-corrected chi connectivity index (χ0v) is 17.9. The zero-order valence-electron chi connectivity index (χ0n) is 16.3. The first-order valence-corrected chi connectivity index (χ1v) is 12.3. The monoisotopic (exact) mass is 438 g/mol. The molecule has 29 heavy (non-hydrogen) atoms. The molecule has 1 aliphatic heterocycles. The summed E-state index contributed by atoms with van der Waals surface area (Å²) in [6.45, 7) is 1.95. The van der Waals surface area contributed by atoms with Gasteiger partial charge in [0.2, 0.25) is 10.0 Å². The summed E-state index contributed by atoms with van der Waals surface area (Å²) in [4.78, 5) is 21.4. The van der Waals surface area contributed by atoms with Crippen LogP contribution in [0.3, 0.4) is 0 Å². The number of rotatable bonds is 7. The van der Waals surface area contributed by atoms with E-state index < -0.39 is 10.0 Å². The number of nitrogens with one attached hydrogen (secondary N) is 2. The molecular formula is C19H26N4O4S2. The summed E-state index contributed by atoms with van der Waals surface area (Å²) in [5.74, 6) is -0.299. The Kier molecular flexibility index (Phi) is 6.33. The van der Waals surface area contributed by atoms with Crippen LogP contribution in [-0.4, -0.2) is 61.4 Å². The largest absolute Gasteiger partial charge is 0.379 e. The smallest absolute Gasteiger partial charge is 0.267 e. The molecular weight excluding hydrogens is 412 g/mol. The standard InChI is InChI=1S/C19H26N4O4S2/c24-19(20-7-3-6-18-22-15-4-1-2-5-17(15)28-18)16-12-14(13-21-16)29(25,26)23-8-10-27-11-9-23/h12-13,21H,1-11H2,(H,20,24). The number of amides is 1. The number of hydrogen-bond donors (Lipinski definition) is 2. The van der Waals surface area contributed by atoms with Crippen molar-refractivity contribution in [1.82, 2.24) is 19.6 Å². The summed E-state index contributed by atoms with van der Waals surface area (Å²) in [7, 11) is -3.60. The van der Waals surface area contributed by atoms with E-state index >= 15 is 0 Å². The Morgan fingerprint density at radius 1 is 1.28 bits per heavy atom. The number of sulfonamides is 1. The van der Waals surface area contributed by atoms with E-state index in [1.165, 1.54) is 40.0 Å². The third kappa shape index (κ3) is 4.71. The van der Waals surface area contributed by atoms with Gasteiger partial charge in [-0.3, -0.25) is 4.79 Å². The second kappa shape index (κ2) is 8.95. The molecule has 8 nitrogen and oxygen atoms in total. The van der Waals surface area contributed by atoms with Crippen LogP contribution in [0.4, 0.5) is 0 Å². The summed E-state index contributed by atoms with van der Waals surface area (Å²) < 4.78 is 31.9. The summed E-state index contributed by atoms with van der Waals surface area (Å²) in [6, 6.07) is 1.40. The van der Waals surface area contributed by atoms with Gasteiger partial charge >= 0.3 is 0 Å². The highest BCUT2D eigenvalue weighted by Gasteiger charge is 2.28. The number of carbonyl (C=O) groups is 1. The first kappa shape index (κ1) is 20.5. The van der Waals surface area contributed by atoms with E-state index in [-0.39, 0.29) is 16.5 Å². The van der Waals surface area contributed by atoms with Crippen molar-refractivity contribution in [3.05, 3.63) is 33.5 Å². The third-order valence-corrected chi connectivity index (χ3v) is 8.35. The molecule has 0 radical (unpaired) electrons. The van der Waals surface area contributed by atoms with Gasteiger partial charge in [-0.2, -0.15) is 4.31 Å². The fourth-order valence-electron chi connectivity index (χ4n) is 3.64. The molecule has 1 aliphatic carbocycles. The van der Waals surface area contributed by atoms with E-state index in [4.69, 9.17) is 9.72 Å². The number of carbonyl (C=O) groups excluding carboxylic acids is 1. The van der Waals surface area contributed by atoms with Crippen LogP contribution in [0.15, 0.2) is 17.2 Å². The molecule has 158 valence electrons. The molecule has 2 N–H and O–H groups in total. The first-order chi connectivity index (χ1) is 14.0. The number of morpholine rings is 1. The minimum Gasteiger partial charge on any atom is -0.379 e. The number of nitrogens with zero attached hydrogens (tertiary/aromatic N) is 2. The zero-order chi connectivity index (χ0) is 20.3. The van der Waals surface area contributed by atoms with Crippen LogP contribution in [0.5, 0.6) is 0 Å². The van der Waals surface area contributed by atoms with Gasteiger partial charge in [0, 0.05) is 37.1 Å². The van der Waals surface area contributed by atoms with E-state index in [1.54, 1.807) is 11.3 Å². The van der Waals surface area contributed by atoms with Gasteiger partial charge in [0.1, 0.15) is 10.6 Å². The first-order valence-electron chi connectivity index (χ1n) is 10.1. The average Bonchev–Trinajstić information content (AvgIpc) is 3.39. The number of H-pyrrole nitrogens is 1. The average molecular weight is 439 g/mol. The van der Waals surface area contributed by atoms with Gasteiger partial charge in [-0.15, -0.1) is 11.3 Å². The molecule has 0 bridgehead atoms. The van der Waals surface area contributed by atoms with Gasteiger partial charge in [-0.25, -0.2) is 13.4 Å². The van der Waals surface area contributed by atoms with Gasteiger partial charge in [-0.05, 0) is 38.2 Å². The van der Waals surface area contributed by atoms with Gasteiger partial charge < -0.3 is 15.0 Å². The van der Waals surface area contributed by atoms with Gasteiger partial charge in [0.15, 0.2) is 0 Å². The lowest BCUT2D eigenvalue weighted by atomic mass is 10.0. The summed E-state index contributed by atoms with van der Waals surface area (Å²) >= 11 is 1.80. The molecule has 0 aromatic carbocycles. The number of hydrogen-bond acceptors (Lipinski definition) is 6. The van der Waals surface area contributed by atoms with Crippen molar-refractivity contribution in [3.8, 4) is 0 Å². The maximum absolute atomic E-state index is 12.6. The second-order valence-corrected chi connectivity index (χ2v) is 10.4. The Hall–Kier alpha value is -1.75. The molecule has 0 unspecified atom stereocenters. The highest BCUT2D eigenvalue weighted by molar-refractivity contribution is 7.89. The molecule has 3 heterocycles. The Morgan fingerprint density at radius 2 is 2.07 bits per heavy atom. The van der Waals surface area contributed by atoms with Crippen molar-refractivity contribution < 1.29 is 17.9 Å². The van der Waals surface area contributed by atoms with Crippen LogP contribution in [0, 0.1) is 0 Å². The van der Waals surface area contributed by atoms with Gasteiger partial charge in [0.25, 0.3) is 5.91 Å². The molecule has 1 saturated heterocycles. The van der Waals surface area contributed by atoms with Crippen LogP contribution >= 0.6 is 11.3 Å². The van der Waals surface area contributed by atoms with Crippen LogP contribution in [0.25, 0.3) is 0 Å². The number of aromatic amines is 1. The number of aryl methyl sites for hydroxylation is 3. The highest BCUT2D eigenvalue weighted by atomic mass is 32.2. The molecule has 2 aromatic heterocycles. The SMILES string of the molecule is O=C(NCCCc1nc2c(s1)CCCC2)c1cc(S(=O)(=O)N2CCOCC2)c[nH]1. The molecule has 0 spiro atoms. The van der Waals surface area contributed by atoms with Crippen LogP contribution in [0.1, 0.15) is 45.3 Å². The second-order valence-electron chi connectivity index (χ2n) is 7.31. The quantitative estimate of drug-likeness (QED) is 0.641. The Morgan fingerprint density at radius 3 is 2.86 bits per heavy atom. The predicted molar refractivity (Wildman–Crippen MR) is 110 cm³/mol. The maximum atomic E-state index is 12.6. The van der Waals surface area contributed by atoms with Crippen molar-refractivity contribution in [3.63, 3.8) is 0 Å². The summed E-state index contributed by atoms with van der Waals surface area (Å²) in [5.41, 5.74) is 1.52. The molecule has 0 atom stereocenters.